The van der Waals surface area contributed by atoms with Crippen LogP contribution in [-0.4, -0.2) is 41.2 Å². The lowest BCUT2D eigenvalue weighted by Crippen LogP contribution is -2.26. The molecular formula is C21H26N2O5S. The standard InChI is InChI=1S/C21H26N2O5S/c1-3-4-13-28-19-11-7-17(8-12-19)23-21(25)15-29(26)14-20(24)22-16-5-9-18(27-2)10-6-16/h5-12H,3-4,13-15H2,1-2H3,(H,22,24)(H,23,25)/t29-/m1/s1. The van der Waals surface area contributed by atoms with Gasteiger partial charge in [-0.15, -0.1) is 0 Å². The third-order valence-electron chi connectivity index (χ3n) is 3.86. The number of carbonyl (C=O) groups is 2. The molecule has 0 radical (unpaired) electrons. The number of methoxy groups -OCH3 is 1. The molecule has 0 spiro atoms. The minimum Gasteiger partial charge on any atom is -0.497 e. The molecule has 0 aliphatic carbocycles. The average molecular weight is 419 g/mol. The van der Waals surface area contributed by atoms with Crippen molar-refractivity contribution < 1.29 is 23.3 Å². The normalized spacial score (nSPS) is 11.4. The van der Waals surface area contributed by atoms with E-state index in [0.717, 1.165) is 18.6 Å². The number of nitrogens with one attached hydrogen (secondary N) is 2. The monoisotopic (exact) mass is 418 g/mol. The van der Waals surface area contributed by atoms with Crippen molar-refractivity contribution in [1.82, 2.24) is 0 Å². The second kappa shape index (κ2) is 11.9. The van der Waals surface area contributed by atoms with Gasteiger partial charge < -0.3 is 20.1 Å². The maximum absolute atomic E-state index is 12.1. The van der Waals surface area contributed by atoms with Crippen molar-refractivity contribution in [2.75, 3.05) is 35.9 Å². The van der Waals surface area contributed by atoms with E-state index in [1.807, 2.05) is 0 Å². The number of ether oxygens (including phenoxy) is 2. The first-order valence-corrected chi connectivity index (χ1v) is 10.8. The molecule has 0 aromatic heterocycles. The highest BCUT2D eigenvalue weighted by molar-refractivity contribution is 7.86. The van der Waals surface area contributed by atoms with Crippen LogP contribution in [0.4, 0.5) is 11.4 Å². The third-order valence-corrected chi connectivity index (χ3v) is 5.03. The van der Waals surface area contributed by atoms with E-state index in [9.17, 15) is 13.8 Å². The highest BCUT2D eigenvalue weighted by Crippen LogP contribution is 2.16. The Bertz CT molecular complexity index is 822. The largest absolute Gasteiger partial charge is 0.497 e. The minimum atomic E-state index is -1.62. The summed E-state index contributed by atoms with van der Waals surface area (Å²) in [6, 6.07) is 13.8. The molecule has 0 aliphatic rings. The second-order valence-electron chi connectivity index (χ2n) is 6.28. The van der Waals surface area contributed by atoms with Gasteiger partial charge in [-0.25, -0.2) is 0 Å². The summed E-state index contributed by atoms with van der Waals surface area (Å²) in [6.07, 6.45) is 2.04. The second-order valence-corrected chi connectivity index (χ2v) is 7.74. The van der Waals surface area contributed by atoms with Gasteiger partial charge in [0, 0.05) is 22.2 Å². The molecule has 29 heavy (non-hydrogen) atoms. The van der Waals surface area contributed by atoms with Gasteiger partial charge in [-0.2, -0.15) is 0 Å². The molecule has 2 N–H and O–H groups in total. The quantitative estimate of drug-likeness (QED) is 0.547. The van der Waals surface area contributed by atoms with Crippen LogP contribution in [0.1, 0.15) is 19.8 Å². The van der Waals surface area contributed by atoms with Crippen molar-refractivity contribution in [3.05, 3.63) is 48.5 Å². The van der Waals surface area contributed by atoms with Crippen LogP contribution in [0.5, 0.6) is 11.5 Å². The number of rotatable bonds is 11. The average Bonchev–Trinajstić information content (AvgIpc) is 2.69. The molecule has 2 amide bonds. The lowest BCUT2D eigenvalue weighted by Gasteiger charge is -2.08. The van der Waals surface area contributed by atoms with E-state index in [2.05, 4.69) is 17.6 Å². The van der Waals surface area contributed by atoms with Crippen LogP contribution in [0.25, 0.3) is 0 Å². The fourth-order valence-corrected chi connectivity index (χ4v) is 3.21. The number of hydrogen-bond acceptors (Lipinski definition) is 5. The number of anilines is 2. The van der Waals surface area contributed by atoms with Crippen LogP contribution in [-0.2, 0) is 20.4 Å². The predicted octanol–water partition coefficient (Wildman–Crippen LogP) is 3.20. The lowest BCUT2D eigenvalue weighted by atomic mass is 10.3. The first-order chi connectivity index (χ1) is 14.0. The Kier molecular flexibility index (Phi) is 9.17. The minimum absolute atomic E-state index is 0.259. The molecule has 0 saturated heterocycles. The smallest absolute Gasteiger partial charge is 0.237 e. The zero-order chi connectivity index (χ0) is 21.1. The molecule has 0 aliphatic heterocycles. The molecular weight excluding hydrogens is 392 g/mol. The van der Waals surface area contributed by atoms with Crippen LogP contribution in [0.3, 0.4) is 0 Å². The molecule has 0 fully saturated rings. The molecule has 0 bridgehead atoms. The summed E-state index contributed by atoms with van der Waals surface area (Å²) >= 11 is 0. The van der Waals surface area contributed by atoms with Crippen LogP contribution < -0.4 is 20.1 Å². The van der Waals surface area contributed by atoms with E-state index < -0.39 is 22.6 Å². The SMILES string of the molecule is CCCCOc1ccc(NC(=O)C[S@](=O)CC(=O)Nc2ccc(OC)cc2)cc1. The van der Waals surface area contributed by atoms with Crippen LogP contribution in [0, 0.1) is 0 Å². The van der Waals surface area contributed by atoms with Crippen LogP contribution >= 0.6 is 0 Å². The van der Waals surface area contributed by atoms with Gasteiger partial charge in [-0.1, -0.05) is 13.3 Å². The summed E-state index contributed by atoms with van der Waals surface area (Å²) in [5, 5.41) is 5.31. The Morgan fingerprint density at radius 1 is 0.862 bits per heavy atom. The van der Waals surface area contributed by atoms with Crippen molar-refractivity contribution in [2.24, 2.45) is 0 Å². The molecule has 2 aromatic carbocycles. The maximum atomic E-state index is 12.1. The van der Waals surface area contributed by atoms with E-state index in [4.69, 9.17) is 9.47 Å². The van der Waals surface area contributed by atoms with Gasteiger partial charge in [0.05, 0.1) is 13.7 Å². The lowest BCUT2D eigenvalue weighted by molar-refractivity contribution is -0.114. The number of amides is 2. The van der Waals surface area contributed by atoms with Crippen molar-refractivity contribution in [1.29, 1.82) is 0 Å². The Balaban J connectivity index is 1.74. The molecule has 2 aromatic rings. The highest BCUT2D eigenvalue weighted by Gasteiger charge is 2.13. The molecule has 0 saturated carbocycles. The maximum Gasteiger partial charge on any atom is 0.237 e. The van der Waals surface area contributed by atoms with E-state index in [-0.39, 0.29) is 11.5 Å². The Hall–Kier alpha value is -2.87. The van der Waals surface area contributed by atoms with Crippen molar-refractivity contribution in [3.63, 3.8) is 0 Å². The summed E-state index contributed by atoms with van der Waals surface area (Å²) in [6.45, 7) is 2.74. The highest BCUT2D eigenvalue weighted by atomic mass is 32.2. The van der Waals surface area contributed by atoms with Crippen molar-refractivity contribution in [2.45, 2.75) is 19.8 Å². The van der Waals surface area contributed by atoms with Crippen LogP contribution in [0.15, 0.2) is 48.5 Å². The number of benzene rings is 2. The first kappa shape index (κ1) is 22.4. The molecule has 0 unspecified atom stereocenters. The molecule has 156 valence electrons. The van der Waals surface area contributed by atoms with Gasteiger partial charge in [0.15, 0.2) is 0 Å². The fraction of sp³-hybridized carbons (Fsp3) is 0.333. The van der Waals surface area contributed by atoms with Crippen molar-refractivity contribution >= 4 is 34.0 Å². The van der Waals surface area contributed by atoms with Gasteiger partial charge >= 0.3 is 0 Å². The van der Waals surface area contributed by atoms with E-state index >= 15 is 0 Å². The number of unbranched alkanes of at least 4 members (excludes halogenated alkanes) is 1. The van der Waals surface area contributed by atoms with Gasteiger partial charge in [-0.3, -0.25) is 13.8 Å². The van der Waals surface area contributed by atoms with Gasteiger partial charge in [0.25, 0.3) is 0 Å². The molecule has 8 heteroatoms. The zero-order valence-electron chi connectivity index (χ0n) is 16.6. The predicted molar refractivity (Wildman–Crippen MR) is 115 cm³/mol. The number of hydrogen-bond donors (Lipinski definition) is 2. The zero-order valence-corrected chi connectivity index (χ0v) is 17.4. The number of carbonyl (C=O) groups excluding carboxylic acids is 2. The van der Waals surface area contributed by atoms with Gasteiger partial charge in [-0.05, 0) is 55.0 Å². The summed E-state index contributed by atoms with van der Waals surface area (Å²) in [5.41, 5.74) is 1.15. The van der Waals surface area contributed by atoms with Gasteiger partial charge in [0.2, 0.25) is 11.8 Å². The summed E-state index contributed by atoms with van der Waals surface area (Å²) in [7, 11) is -0.0637. The van der Waals surface area contributed by atoms with E-state index in [1.54, 1.807) is 55.6 Å². The molecule has 1 atom stereocenters. The van der Waals surface area contributed by atoms with E-state index in [0.29, 0.717) is 23.7 Å². The topological polar surface area (TPSA) is 93.7 Å². The molecule has 2 rings (SSSR count). The van der Waals surface area contributed by atoms with Crippen LogP contribution in [0.2, 0.25) is 0 Å². The Labute approximate surface area is 173 Å². The Morgan fingerprint density at radius 2 is 1.34 bits per heavy atom. The fourth-order valence-electron chi connectivity index (χ4n) is 2.38. The summed E-state index contributed by atoms with van der Waals surface area (Å²) < 4.78 is 22.7. The molecule has 0 heterocycles. The summed E-state index contributed by atoms with van der Waals surface area (Å²) in [5.74, 6) is 0.0446. The van der Waals surface area contributed by atoms with Crippen molar-refractivity contribution in [3.8, 4) is 11.5 Å². The van der Waals surface area contributed by atoms with E-state index in [1.165, 1.54) is 0 Å². The Morgan fingerprint density at radius 3 is 1.79 bits per heavy atom. The first-order valence-electron chi connectivity index (χ1n) is 9.31. The molecule has 7 nitrogen and oxygen atoms in total. The third kappa shape index (κ3) is 8.35. The van der Waals surface area contributed by atoms with Gasteiger partial charge in [0.1, 0.15) is 23.0 Å². The summed E-state index contributed by atoms with van der Waals surface area (Å²) in [4.78, 5) is 24.0.